The van der Waals surface area contributed by atoms with Gasteiger partial charge in [-0.05, 0) is 38.5 Å². The van der Waals surface area contributed by atoms with E-state index in [9.17, 15) is 9.59 Å². The Bertz CT molecular complexity index is 492. The predicted octanol–water partition coefficient (Wildman–Crippen LogP) is 4.96. The summed E-state index contributed by atoms with van der Waals surface area (Å²) in [5, 5.41) is 0. The lowest BCUT2D eigenvalue weighted by Gasteiger charge is -2.32. The molecule has 6 heteroatoms. The number of rotatable bonds is 22. The zero-order valence-corrected chi connectivity index (χ0v) is 19.0. The van der Waals surface area contributed by atoms with Crippen LogP contribution >= 0.6 is 0 Å². The fourth-order valence-electron chi connectivity index (χ4n) is 2.54. The van der Waals surface area contributed by atoms with Crippen LogP contribution < -0.4 is 0 Å². The van der Waals surface area contributed by atoms with Crippen LogP contribution in [0.2, 0.25) is 0 Å². The van der Waals surface area contributed by atoms with Gasteiger partial charge in [-0.1, -0.05) is 24.3 Å². The van der Waals surface area contributed by atoms with Crippen molar-refractivity contribution in [1.29, 1.82) is 0 Å². The zero-order valence-electron chi connectivity index (χ0n) is 19.0. The highest BCUT2D eigenvalue weighted by Gasteiger charge is 2.35. The zero-order chi connectivity index (χ0) is 23.2. The largest absolute Gasteiger partial charge is 0.465 e. The van der Waals surface area contributed by atoms with Crippen molar-refractivity contribution in [2.75, 3.05) is 39.6 Å². The summed E-state index contributed by atoms with van der Waals surface area (Å²) in [6.07, 6.45) is 11.9. The van der Waals surface area contributed by atoms with Crippen molar-refractivity contribution in [3.05, 3.63) is 50.6 Å². The maximum Gasteiger partial charge on any atom is 0.306 e. The van der Waals surface area contributed by atoms with Crippen molar-refractivity contribution in [2.45, 2.75) is 51.4 Å². The number of hydrogen-bond donors (Lipinski definition) is 0. The third-order valence-electron chi connectivity index (χ3n) is 4.39. The average molecular weight is 437 g/mol. The van der Waals surface area contributed by atoms with E-state index in [1.54, 1.807) is 12.2 Å². The molecule has 0 N–H and O–H groups in total. The van der Waals surface area contributed by atoms with Crippen LogP contribution in [0, 0.1) is 5.41 Å². The third-order valence-corrected chi connectivity index (χ3v) is 4.39. The minimum Gasteiger partial charge on any atom is -0.465 e. The Morgan fingerprint density at radius 3 is 1.35 bits per heavy atom. The van der Waals surface area contributed by atoms with E-state index in [0.717, 1.165) is 25.7 Å². The van der Waals surface area contributed by atoms with Gasteiger partial charge in [-0.2, -0.15) is 0 Å². The molecule has 0 aromatic carbocycles. The highest BCUT2D eigenvalue weighted by molar-refractivity contribution is 5.70. The standard InChI is InChI=1S/C25H40O6/c1-5-9-13-17-28-19-25(20-29-18-14-10-6-2,21-30-23(26)15-11-7-3)22-31-24(27)16-12-8-4/h5-8H,1-4,9-22H2. The SMILES string of the molecule is C=CCCCOCC(COCCCC=C)(COC(=O)CCC=C)COC(=O)CCC=C. The molecule has 0 saturated heterocycles. The van der Waals surface area contributed by atoms with E-state index in [0.29, 0.717) is 26.1 Å². The van der Waals surface area contributed by atoms with Gasteiger partial charge in [0.2, 0.25) is 0 Å². The van der Waals surface area contributed by atoms with Gasteiger partial charge in [0.25, 0.3) is 0 Å². The molecule has 0 aromatic heterocycles. The molecule has 0 aromatic rings. The van der Waals surface area contributed by atoms with Crippen LogP contribution in [0.5, 0.6) is 0 Å². The molecule has 0 aliphatic carbocycles. The first-order valence-electron chi connectivity index (χ1n) is 10.9. The normalized spacial score (nSPS) is 10.8. The summed E-state index contributed by atoms with van der Waals surface area (Å²) in [6.45, 7) is 16.3. The molecular formula is C25H40O6. The van der Waals surface area contributed by atoms with Crippen LogP contribution in [-0.2, 0) is 28.5 Å². The number of ether oxygens (including phenoxy) is 4. The summed E-state index contributed by atoms with van der Waals surface area (Å²) < 4.78 is 22.7. The van der Waals surface area contributed by atoms with Crippen LogP contribution in [0.1, 0.15) is 51.4 Å². The molecule has 176 valence electrons. The van der Waals surface area contributed by atoms with Crippen molar-refractivity contribution < 1.29 is 28.5 Å². The summed E-state index contributed by atoms with van der Waals surface area (Å²) in [7, 11) is 0. The number of carbonyl (C=O) groups is 2. The maximum absolute atomic E-state index is 12.1. The lowest BCUT2D eigenvalue weighted by molar-refractivity contribution is -0.162. The minimum absolute atomic E-state index is 0.0423. The van der Waals surface area contributed by atoms with Crippen molar-refractivity contribution in [3.8, 4) is 0 Å². The lowest BCUT2D eigenvalue weighted by Crippen LogP contribution is -2.43. The Kier molecular flexibility index (Phi) is 18.4. The number of unbranched alkanes of at least 4 members (excludes halogenated alkanes) is 2. The lowest BCUT2D eigenvalue weighted by atomic mass is 9.92. The number of carbonyl (C=O) groups excluding carboxylic acids is 2. The molecule has 6 nitrogen and oxygen atoms in total. The molecule has 31 heavy (non-hydrogen) atoms. The van der Waals surface area contributed by atoms with Gasteiger partial charge in [-0.25, -0.2) is 0 Å². The highest BCUT2D eigenvalue weighted by atomic mass is 16.6. The van der Waals surface area contributed by atoms with E-state index < -0.39 is 5.41 Å². The van der Waals surface area contributed by atoms with Crippen molar-refractivity contribution in [3.63, 3.8) is 0 Å². The average Bonchev–Trinajstić information content (AvgIpc) is 2.78. The van der Waals surface area contributed by atoms with E-state index >= 15 is 0 Å². The maximum atomic E-state index is 12.1. The Hall–Kier alpha value is -2.18. The summed E-state index contributed by atoms with van der Waals surface area (Å²) in [6, 6.07) is 0. The second-order valence-corrected chi connectivity index (χ2v) is 7.44. The highest BCUT2D eigenvalue weighted by Crippen LogP contribution is 2.22. The molecule has 0 aliphatic rings. The summed E-state index contributed by atoms with van der Waals surface area (Å²) in [5.74, 6) is -0.666. The fourth-order valence-corrected chi connectivity index (χ4v) is 2.54. The predicted molar refractivity (Wildman–Crippen MR) is 124 cm³/mol. The van der Waals surface area contributed by atoms with Crippen LogP contribution in [-0.4, -0.2) is 51.6 Å². The molecule has 0 aliphatic heterocycles. The van der Waals surface area contributed by atoms with Gasteiger partial charge in [0.05, 0.1) is 18.6 Å². The second-order valence-electron chi connectivity index (χ2n) is 7.44. The van der Waals surface area contributed by atoms with Crippen molar-refractivity contribution >= 4 is 11.9 Å². The van der Waals surface area contributed by atoms with Crippen LogP contribution in [0.15, 0.2) is 50.6 Å². The molecule has 0 radical (unpaired) electrons. The monoisotopic (exact) mass is 436 g/mol. The first-order chi connectivity index (χ1) is 15.0. The summed E-state index contributed by atoms with van der Waals surface area (Å²) in [4.78, 5) is 24.1. The van der Waals surface area contributed by atoms with Crippen molar-refractivity contribution in [1.82, 2.24) is 0 Å². The molecule has 0 saturated carbocycles. The van der Waals surface area contributed by atoms with Crippen molar-refractivity contribution in [2.24, 2.45) is 5.41 Å². The molecule has 0 bridgehead atoms. The Labute approximate surface area is 188 Å². The Morgan fingerprint density at radius 1 is 0.613 bits per heavy atom. The van der Waals surface area contributed by atoms with Gasteiger partial charge in [0, 0.05) is 26.1 Å². The third kappa shape index (κ3) is 16.2. The van der Waals surface area contributed by atoms with E-state index in [-0.39, 0.29) is 51.2 Å². The van der Waals surface area contributed by atoms with E-state index in [1.165, 1.54) is 0 Å². The van der Waals surface area contributed by atoms with Gasteiger partial charge in [-0.15, -0.1) is 26.3 Å². The van der Waals surface area contributed by atoms with Gasteiger partial charge in [0.15, 0.2) is 0 Å². The molecule has 0 spiro atoms. The Balaban J connectivity index is 5.13. The molecular weight excluding hydrogens is 396 g/mol. The Morgan fingerprint density at radius 2 is 1.00 bits per heavy atom. The molecule has 0 amide bonds. The first kappa shape index (κ1) is 28.8. The molecule has 0 unspecified atom stereocenters. The van der Waals surface area contributed by atoms with Gasteiger partial charge in [-0.3, -0.25) is 9.59 Å². The van der Waals surface area contributed by atoms with Crippen LogP contribution in [0.3, 0.4) is 0 Å². The van der Waals surface area contributed by atoms with Crippen LogP contribution in [0.4, 0.5) is 0 Å². The van der Waals surface area contributed by atoms with E-state index in [1.807, 2.05) is 12.2 Å². The number of allylic oxidation sites excluding steroid dienone is 4. The molecule has 0 atom stereocenters. The summed E-state index contributed by atoms with van der Waals surface area (Å²) in [5.41, 5.74) is -0.782. The second kappa shape index (κ2) is 19.8. The van der Waals surface area contributed by atoms with Gasteiger partial charge < -0.3 is 18.9 Å². The van der Waals surface area contributed by atoms with E-state index in [4.69, 9.17) is 18.9 Å². The van der Waals surface area contributed by atoms with E-state index in [2.05, 4.69) is 26.3 Å². The number of esters is 2. The number of hydrogen-bond acceptors (Lipinski definition) is 6. The summed E-state index contributed by atoms with van der Waals surface area (Å²) >= 11 is 0. The van der Waals surface area contributed by atoms with Crippen LogP contribution in [0.25, 0.3) is 0 Å². The quantitative estimate of drug-likeness (QED) is 0.136. The minimum atomic E-state index is -0.782. The fraction of sp³-hybridized carbons (Fsp3) is 0.600. The first-order valence-corrected chi connectivity index (χ1v) is 10.9. The molecule has 0 fully saturated rings. The molecule has 0 heterocycles. The van der Waals surface area contributed by atoms with Gasteiger partial charge in [0.1, 0.15) is 13.2 Å². The van der Waals surface area contributed by atoms with Gasteiger partial charge >= 0.3 is 11.9 Å². The smallest absolute Gasteiger partial charge is 0.306 e. The molecule has 0 rings (SSSR count). The topological polar surface area (TPSA) is 71.1 Å².